The topological polar surface area (TPSA) is 56.7 Å². The third-order valence-corrected chi connectivity index (χ3v) is 3.61. The van der Waals surface area contributed by atoms with Crippen LogP contribution in [0.3, 0.4) is 0 Å². The number of rotatable bonds is 2. The van der Waals surface area contributed by atoms with E-state index in [1.165, 1.54) is 10.0 Å². The molecule has 1 aromatic heterocycles. The van der Waals surface area contributed by atoms with E-state index in [1.807, 2.05) is 12.2 Å². The summed E-state index contributed by atoms with van der Waals surface area (Å²) in [6.45, 7) is 0. The summed E-state index contributed by atoms with van der Waals surface area (Å²) in [5.41, 5.74) is 0. The number of hydrogen-bond donors (Lipinski definition) is 2. The molecular formula is C7H8N4S2. The molecule has 68 valence electrons. The number of allylic oxidation sites excluding steroid dienone is 2. The molecule has 0 saturated heterocycles. The van der Waals surface area contributed by atoms with Crippen LogP contribution in [-0.4, -0.2) is 20.2 Å². The van der Waals surface area contributed by atoms with E-state index < -0.39 is 10.9 Å². The lowest BCUT2D eigenvalue weighted by Gasteiger charge is -2.07. The van der Waals surface area contributed by atoms with Gasteiger partial charge in [0, 0.05) is 5.37 Å². The summed E-state index contributed by atoms with van der Waals surface area (Å²) in [6, 6.07) is 0. The number of nitrogens with zero attached hydrogens (tertiary/aromatic N) is 3. The molecule has 0 unspecified atom stereocenters. The van der Waals surface area contributed by atoms with E-state index in [9.17, 15) is 0 Å². The van der Waals surface area contributed by atoms with Gasteiger partial charge in [-0.2, -0.15) is 10.9 Å². The third-order valence-electron chi connectivity index (χ3n) is 1.64. The Morgan fingerprint density at radius 3 is 2.62 bits per heavy atom. The average molecular weight is 212 g/mol. The Labute approximate surface area is 83.5 Å². The molecule has 13 heavy (non-hydrogen) atoms. The van der Waals surface area contributed by atoms with Crippen molar-refractivity contribution in [2.45, 2.75) is 5.16 Å². The van der Waals surface area contributed by atoms with E-state index in [1.54, 1.807) is 0 Å². The summed E-state index contributed by atoms with van der Waals surface area (Å²) < 4.78 is 1.44. The SMILES string of the molecule is Nn1c(C=S)nnc1[SH]1C=CC=C1. The highest BCUT2D eigenvalue weighted by atomic mass is 32.2. The zero-order valence-electron chi connectivity index (χ0n) is 6.66. The van der Waals surface area contributed by atoms with Gasteiger partial charge in [0.1, 0.15) is 0 Å². The van der Waals surface area contributed by atoms with Crippen LogP contribution in [0, 0.1) is 0 Å². The van der Waals surface area contributed by atoms with E-state index in [2.05, 4.69) is 21.0 Å². The Hall–Kier alpha value is -1.14. The monoisotopic (exact) mass is 212 g/mol. The van der Waals surface area contributed by atoms with E-state index in [0.29, 0.717) is 5.82 Å². The van der Waals surface area contributed by atoms with Crippen molar-refractivity contribution >= 4 is 28.5 Å². The zero-order valence-corrected chi connectivity index (χ0v) is 8.37. The molecule has 1 aromatic rings. The van der Waals surface area contributed by atoms with Crippen molar-refractivity contribution in [1.82, 2.24) is 14.9 Å². The second kappa shape index (κ2) is 3.31. The zero-order chi connectivity index (χ0) is 9.26. The molecular weight excluding hydrogens is 204 g/mol. The smallest absolute Gasteiger partial charge is 0.197 e. The van der Waals surface area contributed by atoms with Crippen LogP contribution in [0.5, 0.6) is 0 Å². The number of thiocarbonyl (C=S) groups is 1. The molecule has 4 nitrogen and oxygen atoms in total. The summed E-state index contributed by atoms with van der Waals surface area (Å²) in [4.78, 5) is 0. The van der Waals surface area contributed by atoms with Crippen LogP contribution in [0.4, 0.5) is 0 Å². The first kappa shape index (κ1) is 8.46. The maximum atomic E-state index is 5.74. The number of hydrogen-bond acceptors (Lipinski definition) is 4. The molecule has 0 spiro atoms. The predicted molar refractivity (Wildman–Crippen MR) is 58.5 cm³/mol. The summed E-state index contributed by atoms with van der Waals surface area (Å²) in [6.07, 6.45) is 3.97. The van der Waals surface area contributed by atoms with E-state index >= 15 is 0 Å². The Bertz CT molecular complexity index is 381. The highest BCUT2D eigenvalue weighted by Crippen LogP contribution is 2.39. The van der Waals surface area contributed by atoms with Crippen LogP contribution in [-0.2, 0) is 0 Å². The molecule has 2 rings (SSSR count). The Kier molecular flexibility index (Phi) is 2.15. The number of nitrogen functional groups attached to an aromatic ring is 1. The van der Waals surface area contributed by atoms with Gasteiger partial charge in [-0.15, -0.1) is 10.2 Å². The quantitative estimate of drug-likeness (QED) is 0.431. The van der Waals surface area contributed by atoms with Gasteiger partial charge in [-0.25, -0.2) is 4.68 Å². The van der Waals surface area contributed by atoms with Crippen LogP contribution < -0.4 is 5.84 Å². The molecule has 0 aromatic carbocycles. The molecule has 1 aliphatic rings. The standard InChI is InChI=1S/C7H8N4S2/c8-11-6(5-12)9-10-7(11)13-3-1-2-4-13/h1-5,13H,8H2. The lowest BCUT2D eigenvalue weighted by Crippen LogP contribution is -2.13. The predicted octanol–water partition coefficient (Wildman–Crippen LogP) is 0.741. The highest BCUT2D eigenvalue weighted by Gasteiger charge is 2.12. The largest absolute Gasteiger partial charge is 0.335 e. The molecule has 0 amide bonds. The van der Waals surface area contributed by atoms with Crippen LogP contribution in [0.25, 0.3) is 0 Å². The van der Waals surface area contributed by atoms with Crippen molar-refractivity contribution < 1.29 is 0 Å². The summed E-state index contributed by atoms with van der Waals surface area (Å²) in [5, 5.41) is 14.2. The van der Waals surface area contributed by atoms with Crippen molar-refractivity contribution in [3.05, 3.63) is 28.8 Å². The van der Waals surface area contributed by atoms with Gasteiger partial charge < -0.3 is 5.84 Å². The number of thiol groups is 1. The fourth-order valence-corrected chi connectivity index (χ4v) is 2.61. The van der Waals surface area contributed by atoms with Gasteiger partial charge in [-0.1, -0.05) is 24.4 Å². The molecule has 0 atom stereocenters. The van der Waals surface area contributed by atoms with Crippen LogP contribution in [0.15, 0.2) is 28.1 Å². The van der Waals surface area contributed by atoms with E-state index in [4.69, 9.17) is 18.1 Å². The normalized spacial score (nSPS) is 16.8. The summed E-state index contributed by atoms with van der Waals surface area (Å²) in [7, 11) is -0.509. The van der Waals surface area contributed by atoms with E-state index in [0.717, 1.165) is 5.16 Å². The lowest BCUT2D eigenvalue weighted by atomic mass is 10.6. The first-order chi connectivity index (χ1) is 6.33. The molecule has 0 saturated carbocycles. The molecule has 0 aliphatic carbocycles. The van der Waals surface area contributed by atoms with E-state index in [-0.39, 0.29) is 0 Å². The lowest BCUT2D eigenvalue weighted by molar-refractivity contribution is 0.844. The maximum Gasteiger partial charge on any atom is 0.197 e. The number of aromatic nitrogens is 3. The van der Waals surface area contributed by atoms with Gasteiger partial charge in [-0.3, -0.25) is 0 Å². The minimum absolute atomic E-state index is 0.509. The Morgan fingerprint density at radius 2 is 2.08 bits per heavy atom. The fourth-order valence-electron chi connectivity index (χ4n) is 1.02. The number of nitrogens with two attached hydrogens (primary N) is 1. The molecule has 0 bridgehead atoms. The molecule has 6 heteroatoms. The van der Waals surface area contributed by atoms with Gasteiger partial charge in [0.25, 0.3) is 0 Å². The summed E-state index contributed by atoms with van der Waals surface area (Å²) >= 11 is 4.74. The maximum absolute atomic E-state index is 5.74. The Morgan fingerprint density at radius 1 is 1.38 bits per heavy atom. The average Bonchev–Trinajstić information content (AvgIpc) is 2.72. The summed E-state index contributed by atoms with van der Waals surface area (Å²) in [5.74, 6) is 6.26. The van der Waals surface area contributed by atoms with Gasteiger partial charge in [0.05, 0.1) is 0 Å². The highest BCUT2D eigenvalue weighted by molar-refractivity contribution is 8.22. The van der Waals surface area contributed by atoms with Crippen LogP contribution in [0.1, 0.15) is 5.82 Å². The molecule has 0 fully saturated rings. The molecule has 0 radical (unpaired) electrons. The third kappa shape index (κ3) is 1.38. The van der Waals surface area contributed by atoms with Crippen molar-refractivity contribution in [2.24, 2.45) is 0 Å². The first-order valence-corrected chi connectivity index (χ1v) is 5.57. The molecule has 1 aliphatic heterocycles. The van der Waals surface area contributed by atoms with Crippen molar-refractivity contribution in [3.63, 3.8) is 0 Å². The molecule has 2 heterocycles. The molecule has 2 N–H and O–H groups in total. The van der Waals surface area contributed by atoms with Crippen molar-refractivity contribution in [2.75, 3.05) is 5.84 Å². The second-order valence-corrected chi connectivity index (χ2v) is 4.48. The van der Waals surface area contributed by atoms with Gasteiger partial charge in [0.2, 0.25) is 0 Å². The van der Waals surface area contributed by atoms with Crippen LogP contribution in [0.2, 0.25) is 0 Å². The first-order valence-electron chi connectivity index (χ1n) is 3.62. The van der Waals surface area contributed by atoms with Crippen molar-refractivity contribution in [1.29, 1.82) is 0 Å². The van der Waals surface area contributed by atoms with Gasteiger partial charge in [0.15, 0.2) is 11.0 Å². The minimum atomic E-state index is -0.509. The Balaban J connectivity index is 2.40. The second-order valence-electron chi connectivity index (χ2n) is 2.44. The van der Waals surface area contributed by atoms with Crippen LogP contribution >= 0.6 is 23.1 Å². The van der Waals surface area contributed by atoms with Crippen molar-refractivity contribution in [3.8, 4) is 0 Å². The minimum Gasteiger partial charge on any atom is -0.335 e. The fraction of sp³-hybridized carbons (Fsp3) is 0. The van der Waals surface area contributed by atoms with Gasteiger partial charge >= 0.3 is 0 Å². The van der Waals surface area contributed by atoms with Gasteiger partial charge in [-0.05, 0) is 10.8 Å².